The van der Waals surface area contributed by atoms with Crippen molar-refractivity contribution in [3.05, 3.63) is 70.3 Å². The van der Waals surface area contributed by atoms with E-state index in [1.54, 1.807) is 18.9 Å². The molecule has 1 aliphatic heterocycles. The molecule has 156 valence electrons. The molecular weight excluding hydrogens is 384 g/mol. The topological polar surface area (TPSA) is 58.9 Å². The lowest BCUT2D eigenvalue weighted by Gasteiger charge is -2.32. The monoisotopic (exact) mass is 414 g/mol. The number of methoxy groups -OCH3 is 1. The summed E-state index contributed by atoms with van der Waals surface area (Å²) in [6.07, 6.45) is 2.03. The van der Waals surface area contributed by atoms with Crippen molar-refractivity contribution in [2.75, 3.05) is 20.3 Å². The minimum absolute atomic E-state index is 0.0102. The minimum Gasteiger partial charge on any atom is -0.496 e. The van der Waals surface area contributed by atoms with Gasteiger partial charge in [0.1, 0.15) is 11.5 Å². The van der Waals surface area contributed by atoms with E-state index in [4.69, 9.17) is 9.47 Å². The number of hydrogen-bond donors (Lipinski definition) is 2. The smallest absolute Gasteiger partial charge is 0.123 e. The molecule has 2 N–H and O–H groups in total. The molecule has 5 heteroatoms. The second kappa shape index (κ2) is 9.70. The third-order valence-electron chi connectivity index (χ3n) is 5.35. The van der Waals surface area contributed by atoms with Gasteiger partial charge in [0.15, 0.2) is 0 Å². The van der Waals surface area contributed by atoms with Gasteiger partial charge in [-0.25, -0.2) is 0 Å². The molecule has 0 aliphatic carbocycles. The molecule has 0 amide bonds. The third kappa shape index (κ3) is 4.97. The van der Waals surface area contributed by atoms with Gasteiger partial charge in [0.2, 0.25) is 0 Å². The van der Waals surface area contributed by atoms with Gasteiger partial charge >= 0.3 is 0 Å². The summed E-state index contributed by atoms with van der Waals surface area (Å²) in [6, 6.07) is 12.4. The summed E-state index contributed by atoms with van der Waals surface area (Å²) in [4.78, 5) is 0. The Morgan fingerprint density at radius 2 is 1.83 bits per heavy atom. The zero-order chi connectivity index (χ0) is 21.0. The summed E-state index contributed by atoms with van der Waals surface area (Å²) in [5.41, 5.74) is 5.54. The Morgan fingerprint density at radius 3 is 2.45 bits per heavy atom. The van der Waals surface area contributed by atoms with Gasteiger partial charge in [-0.3, -0.25) is 0 Å². The molecule has 0 saturated carbocycles. The van der Waals surface area contributed by atoms with Gasteiger partial charge in [-0.15, -0.1) is 11.8 Å². The molecule has 0 aromatic heterocycles. The minimum atomic E-state index is -0.613. The third-order valence-corrected chi connectivity index (χ3v) is 7.03. The number of rotatable bonds is 7. The number of hydrogen-bond acceptors (Lipinski definition) is 5. The van der Waals surface area contributed by atoms with Crippen LogP contribution in [0.3, 0.4) is 0 Å². The van der Waals surface area contributed by atoms with Crippen molar-refractivity contribution in [1.82, 2.24) is 0 Å². The van der Waals surface area contributed by atoms with Gasteiger partial charge in [-0.05, 0) is 62.1 Å². The first-order valence-electron chi connectivity index (χ1n) is 9.98. The average Bonchev–Trinajstić information content (AvgIpc) is 2.71. The first kappa shape index (κ1) is 21.8. The highest BCUT2D eigenvalue weighted by Crippen LogP contribution is 2.46. The van der Waals surface area contributed by atoms with Crippen LogP contribution in [0.15, 0.2) is 48.0 Å². The maximum atomic E-state index is 10.7. The molecule has 0 spiro atoms. The second-order valence-electron chi connectivity index (χ2n) is 7.40. The second-order valence-corrected chi connectivity index (χ2v) is 8.75. The Hall–Kier alpha value is -1.95. The molecule has 2 aromatic rings. The lowest BCUT2D eigenvalue weighted by atomic mass is 9.94. The molecule has 0 radical (unpaired) electrons. The van der Waals surface area contributed by atoms with E-state index >= 15 is 0 Å². The summed E-state index contributed by atoms with van der Waals surface area (Å²) < 4.78 is 11.2. The van der Waals surface area contributed by atoms with Crippen LogP contribution in [-0.2, 0) is 6.42 Å². The van der Waals surface area contributed by atoms with Gasteiger partial charge in [-0.1, -0.05) is 29.8 Å². The maximum Gasteiger partial charge on any atom is 0.123 e. The van der Waals surface area contributed by atoms with E-state index < -0.39 is 6.10 Å². The van der Waals surface area contributed by atoms with Crippen LogP contribution >= 0.6 is 11.8 Å². The summed E-state index contributed by atoms with van der Waals surface area (Å²) in [5.74, 6) is 1.65. The number of benzene rings is 2. The standard InChI is InChI=1S/C24H30O4S/c1-5-28-19-8-6-17(7-9-19)12-18-13-20(22(27-4)11-15(18)2)24-21(26)10-16(3)23(14-25)29-24/h6-11,13,21,23-26H,5,12,14H2,1-4H3/t21-,23?,24?/m0/s1. The SMILES string of the molecule is CCOc1ccc(Cc2cc(C3SC(CO)C(C)=C[C@@H]3O)c(OC)cc2C)cc1. The van der Waals surface area contributed by atoms with Crippen LogP contribution in [0.2, 0.25) is 0 Å². The maximum absolute atomic E-state index is 10.7. The molecule has 4 nitrogen and oxygen atoms in total. The first-order valence-corrected chi connectivity index (χ1v) is 10.9. The fourth-order valence-corrected chi connectivity index (χ4v) is 5.00. The first-order chi connectivity index (χ1) is 14.0. The summed E-state index contributed by atoms with van der Waals surface area (Å²) in [6.45, 7) is 6.73. The van der Waals surface area contributed by atoms with Gasteiger partial charge in [-0.2, -0.15) is 0 Å². The van der Waals surface area contributed by atoms with E-state index in [0.29, 0.717) is 6.61 Å². The van der Waals surface area contributed by atoms with Crippen LogP contribution in [0.25, 0.3) is 0 Å². The zero-order valence-electron chi connectivity index (χ0n) is 17.5. The molecule has 0 fully saturated rings. The molecular formula is C24H30O4S. The van der Waals surface area contributed by atoms with Crippen LogP contribution in [0.1, 0.15) is 41.4 Å². The Kier molecular flexibility index (Phi) is 7.28. The predicted molar refractivity (Wildman–Crippen MR) is 119 cm³/mol. The van der Waals surface area contributed by atoms with Gasteiger partial charge in [0.05, 0.1) is 31.7 Å². The largest absolute Gasteiger partial charge is 0.496 e. The number of aryl methyl sites for hydroxylation is 1. The van der Waals surface area contributed by atoms with E-state index in [-0.39, 0.29) is 17.1 Å². The molecule has 1 heterocycles. The predicted octanol–water partition coefficient (Wildman–Crippen LogP) is 4.45. The molecule has 2 unspecified atom stereocenters. The van der Waals surface area contributed by atoms with Crippen LogP contribution in [0.4, 0.5) is 0 Å². The quantitative estimate of drug-likeness (QED) is 0.656. The van der Waals surface area contributed by atoms with E-state index in [9.17, 15) is 10.2 Å². The van der Waals surface area contributed by atoms with Crippen molar-refractivity contribution < 1.29 is 19.7 Å². The Labute approximate surface area is 177 Å². The highest BCUT2D eigenvalue weighted by atomic mass is 32.2. The lowest BCUT2D eigenvalue weighted by Crippen LogP contribution is -2.26. The molecule has 1 aliphatic rings. The van der Waals surface area contributed by atoms with Crippen molar-refractivity contribution in [3.63, 3.8) is 0 Å². The number of aliphatic hydroxyl groups excluding tert-OH is 2. The van der Waals surface area contributed by atoms with E-state index in [1.807, 2.05) is 38.1 Å². The zero-order valence-corrected chi connectivity index (χ0v) is 18.3. The van der Waals surface area contributed by atoms with Crippen molar-refractivity contribution in [3.8, 4) is 11.5 Å². The highest BCUT2D eigenvalue weighted by molar-refractivity contribution is 8.00. The van der Waals surface area contributed by atoms with E-state index in [1.165, 1.54) is 11.1 Å². The lowest BCUT2D eigenvalue weighted by molar-refractivity contribution is 0.213. The summed E-state index contributed by atoms with van der Waals surface area (Å²) in [7, 11) is 1.66. The van der Waals surface area contributed by atoms with Crippen LogP contribution in [-0.4, -0.2) is 41.9 Å². The van der Waals surface area contributed by atoms with Crippen molar-refractivity contribution in [1.29, 1.82) is 0 Å². The highest BCUT2D eigenvalue weighted by Gasteiger charge is 2.32. The van der Waals surface area contributed by atoms with E-state index in [0.717, 1.165) is 34.6 Å². The van der Waals surface area contributed by atoms with Crippen LogP contribution < -0.4 is 9.47 Å². The van der Waals surface area contributed by atoms with Gasteiger partial charge in [0.25, 0.3) is 0 Å². The Morgan fingerprint density at radius 1 is 1.10 bits per heavy atom. The average molecular weight is 415 g/mol. The van der Waals surface area contributed by atoms with Crippen LogP contribution in [0, 0.1) is 6.92 Å². The number of ether oxygens (including phenoxy) is 2. The van der Waals surface area contributed by atoms with E-state index in [2.05, 4.69) is 25.1 Å². The summed E-state index contributed by atoms with van der Waals surface area (Å²) >= 11 is 1.59. The number of thioether (sulfide) groups is 1. The molecule has 0 saturated heterocycles. The fourth-order valence-electron chi connectivity index (χ4n) is 3.70. The molecule has 0 bridgehead atoms. The Bertz CT molecular complexity index is 860. The number of aliphatic hydroxyl groups is 2. The molecule has 29 heavy (non-hydrogen) atoms. The summed E-state index contributed by atoms with van der Waals surface area (Å²) in [5, 5.41) is 20.2. The van der Waals surface area contributed by atoms with Crippen molar-refractivity contribution in [2.24, 2.45) is 0 Å². The van der Waals surface area contributed by atoms with Gasteiger partial charge in [0, 0.05) is 10.8 Å². The van der Waals surface area contributed by atoms with Gasteiger partial charge < -0.3 is 19.7 Å². The Balaban J connectivity index is 1.92. The van der Waals surface area contributed by atoms with Crippen molar-refractivity contribution >= 4 is 11.8 Å². The molecule has 2 aromatic carbocycles. The fraction of sp³-hybridized carbons (Fsp3) is 0.417. The normalized spacial score (nSPS) is 21.6. The molecule has 3 atom stereocenters. The van der Waals surface area contributed by atoms with Crippen molar-refractivity contribution in [2.45, 2.75) is 43.8 Å². The van der Waals surface area contributed by atoms with Crippen LogP contribution in [0.5, 0.6) is 11.5 Å². The molecule has 3 rings (SSSR count).